The minimum Gasteiger partial charge on any atom is -0.340 e. The Hall–Kier alpha value is -0.620. The van der Waals surface area contributed by atoms with Crippen molar-refractivity contribution in [1.29, 1.82) is 0 Å². The highest BCUT2D eigenvalue weighted by Gasteiger charge is 2.47. The molecule has 2 aliphatic carbocycles. The van der Waals surface area contributed by atoms with Crippen molar-refractivity contribution >= 4 is 15.7 Å². The molecule has 1 unspecified atom stereocenters. The van der Waals surface area contributed by atoms with E-state index in [1.54, 1.807) is 0 Å². The summed E-state index contributed by atoms with van der Waals surface area (Å²) in [6.45, 7) is 3.89. The molecule has 0 aromatic heterocycles. The highest BCUT2D eigenvalue weighted by atomic mass is 32.2. The summed E-state index contributed by atoms with van der Waals surface area (Å²) in [6, 6.07) is 0. The molecule has 0 aromatic rings. The first kappa shape index (κ1) is 15.9. The summed E-state index contributed by atoms with van der Waals surface area (Å²) >= 11 is 0. The number of amides is 1. The van der Waals surface area contributed by atoms with Crippen molar-refractivity contribution in [1.82, 2.24) is 9.80 Å². The molecule has 2 aliphatic heterocycles. The fourth-order valence-electron chi connectivity index (χ4n) is 4.41. The van der Waals surface area contributed by atoms with E-state index < -0.39 is 9.84 Å². The summed E-state index contributed by atoms with van der Waals surface area (Å²) in [5.41, 5.74) is 0. The van der Waals surface area contributed by atoms with Crippen LogP contribution in [0, 0.1) is 17.8 Å². The van der Waals surface area contributed by atoms with Crippen LogP contribution in [0.5, 0.6) is 0 Å². The Morgan fingerprint density at radius 2 is 1.57 bits per heavy atom. The van der Waals surface area contributed by atoms with Crippen LogP contribution in [0.25, 0.3) is 0 Å². The van der Waals surface area contributed by atoms with Crippen LogP contribution in [-0.2, 0) is 14.6 Å². The van der Waals surface area contributed by atoms with E-state index in [4.69, 9.17) is 0 Å². The molecule has 23 heavy (non-hydrogen) atoms. The van der Waals surface area contributed by atoms with Gasteiger partial charge in [-0.05, 0) is 50.4 Å². The van der Waals surface area contributed by atoms with Gasteiger partial charge in [-0.15, -0.1) is 0 Å². The molecular formula is C17H28N2O3S. The molecule has 4 aliphatic rings. The predicted octanol–water partition coefficient (Wildman–Crippen LogP) is 1.14. The molecule has 6 heteroatoms. The lowest BCUT2D eigenvalue weighted by Crippen LogP contribution is -2.52. The topological polar surface area (TPSA) is 57.7 Å². The fraction of sp³-hybridized carbons (Fsp3) is 0.941. The molecule has 0 N–H and O–H groups in total. The smallest absolute Gasteiger partial charge is 0.226 e. The second-order valence-electron chi connectivity index (χ2n) is 7.96. The number of hydrogen-bond acceptors (Lipinski definition) is 4. The van der Waals surface area contributed by atoms with Crippen molar-refractivity contribution in [2.45, 2.75) is 43.8 Å². The number of sulfone groups is 1. The molecule has 0 radical (unpaired) electrons. The van der Waals surface area contributed by atoms with Crippen LogP contribution in [-0.4, -0.2) is 67.9 Å². The van der Waals surface area contributed by atoms with Crippen LogP contribution in [0.1, 0.15) is 38.5 Å². The Morgan fingerprint density at radius 3 is 2.04 bits per heavy atom. The van der Waals surface area contributed by atoms with Crippen molar-refractivity contribution < 1.29 is 13.2 Å². The van der Waals surface area contributed by atoms with E-state index in [1.165, 1.54) is 25.7 Å². The Labute approximate surface area is 139 Å². The van der Waals surface area contributed by atoms with Crippen LogP contribution in [0.2, 0.25) is 0 Å². The minimum absolute atomic E-state index is 0.171. The van der Waals surface area contributed by atoms with Crippen molar-refractivity contribution in [3.05, 3.63) is 0 Å². The van der Waals surface area contributed by atoms with E-state index in [0.29, 0.717) is 36.0 Å². The second kappa shape index (κ2) is 6.03. The first-order valence-electron chi connectivity index (χ1n) is 9.27. The molecule has 2 saturated heterocycles. The number of piperazine rings is 1. The molecule has 4 fully saturated rings. The maximum Gasteiger partial charge on any atom is 0.226 e. The molecule has 130 valence electrons. The molecule has 0 spiro atoms. The maximum absolute atomic E-state index is 12.8. The normalized spacial score (nSPS) is 31.7. The zero-order valence-corrected chi connectivity index (χ0v) is 14.6. The van der Waals surface area contributed by atoms with E-state index in [0.717, 1.165) is 39.0 Å². The number of hydrogen-bond donors (Lipinski definition) is 0. The van der Waals surface area contributed by atoms with Gasteiger partial charge in [-0.1, -0.05) is 0 Å². The minimum atomic E-state index is -2.86. The lowest BCUT2D eigenvalue weighted by molar-refractivity contribution is -0.138. The third-order valence-electron chi connectivity index (χ3n) is 6.15. The lowest BCUT2D eigenvalue weighted by atomic mass is 9.96. The van der Waals surface area contributed by atoms with Crippen LogP contribution < -0.4 is 0 Å². The van der Waals surface area contributed by atoms with Gasteiger partial charge in [0.2, 0.25) is 5.91 Å². The number of nitrogens with zero attached hydrogens (tertiary/aromatic N) is 2. The standard InChI is InChI=1S/C17H28N2O3S/c20-17(16(13-3-4-13)14-5-6-14)19-9-7-18(8-10-19)12-15-2-1-11-23(15,21)22/h13-16H,1-12H2. The number of carbonyl (C=O) groups excluding carboxylic acids is 1. The van der Waals surface area contributed by atoms with Gasteiger partial charge in [-0.3, -0.25) is 9.69 Å². The van der Waals surface area contributed by atoms with Gasteiger partial charge in [-0.25, -0.2) is 8.42 Å². The van der Waals surface area contributed by atoms with E-state index in [-0.39, 0.29) is 5.25 Å². The molecular weight excluding hydrogens is 312 g/mol. The quantitative estimate of drug-likeness (QED) is 0.753. The van der Waals surface area contributed by atoms with Gasteiger partial charge in [-0.2, -0.15) is 0 Å². The Bertz CT molecular complexity index is 548. The highest BCUT2D eigenvalue weighted by Crippen LogP contribution is 2.50. The van der Waals surface area contributed by atoms with Crippen LogP contribution >= 0.6 is 0 Å². The van der Waals surface area contributed by atoms with Crippen molar-refractivity contribution in [2.75, 3.05) is 38.5 Å². The second-order valence-corrected chi connectivity index (χ2v) is 10.4. The van der Waals surface area contributed by atoms with Gasteiger partial charge >= 0.3 is 0 Å². The Balaban J connectivity index is 1.29. The first-order valence-corrected chi connectivity index (χ1v) is 11.0. The largest absolute Gasteiger partial charge is 0.340 e. The SMILES string of the molecule is O=C(C(C1CC1)C1CC1)N1CCN(CC2CCCS2(=O)=O)CC1. The van der Waals surface area contributed by atoms with Crippen molar-refractivity contribution in [3.63, 3.8) is 0 Å². The van der Waals surface area contributed by atoms with Gasteiger partial charge in [0.15, 0.2) is 9.84 Å². The van der Waals surface area contributed by atoms with E-state index in [1.807, 2.05) is 0 Å². The third kappa shape index (κ3) is 3.43. The van der Waals surface area contributed by atoms with Crippen LogP contribution in [0.4, 0.5) is 0 Å². The Kier molecular flexibility index (Phi) is 4.16. The fourth-order valence-corrected chi connectivity index (χ4v) is 6.28. The van der Waals surface area contributed by atoms with Crippen molar-refractivity contribution in [2.24, 2.45) is 17.8 Å². The van der Waals surface area contributed by atoms with Crippen molar-refractivity contribution in [3.8, 4) is 0 Å². The summed E-state index contributed by atoms with van der Waals surface area (Å²) in [6.07, 6.45) is 6.60. The molecule has 2 heterocycles. The van der Waals surface area contributed by atoms with Gasteiger partial charge < -0.3 is 4.90 Å². The number of carbonyl (C=O) groups is 1. The first-order chi connectivity index (χ1) is 11.0. The van der Waals surface area contributed by atoms with Crippen LogP contribution in [0.3, 0.4) is 0 Å². The predicted molar refractivity (Wildman–Crippen MR) is 88.8 cm³/mol. The van der Waals surface area contributed by atoms with E-state index >= 15 is 0 Å². The lowest BCUT2D eigenvalue weighted by Gasteiger charge is -2.37. The monoisotopic (exact) mass is 340 g/mol. The highest BCUT2D eigenvalue weighted by molar-refractivity contribution is 7.92. The number of rotatable bonds is 5. The van der Waals surface area contributed by atoms with Gasteiger partial charge in [0.05, 0.1) is 11.0 Å². The molecule has 0 bridgehead atoms. The third-order valence-corrected chi connectivity index (χ3v) is 8.41. The maximum atomic E-state index is 12.8. The zero-order valence-electron chi connectivity index (χ0n) is 13.8. The van der Waals surface area contributed by atoms with E-state index in [2.05, 4.69) is 9.80 Å². The summed E-state index contributed by atoms with van der Waals surface area (Å²) in [5.74, 6) is 2.38. The molecule has 0 aromatic carbocycles. The summed E-state index contributed by atoms with van der Waals surface area (Å²) in [4.78, 5) is 17.1. The summed E-state index contributed by atoms with van der Waals surface area (Å²) in [5, 5.41) is -0.171. The average Bonchev–Trinajstić information content (AvgIpc) is 3.42. The molecule has 2 saturated carbocycles. The van der Waals surface area contributed by atoms with E-state index in [9.17, 15) is 13.2 Å². The van der Waals surface area contributed by atoms with Gasteiger partial charge in [0.1, 0.15) is 0 Å². The van der Waals surface area contributed by atoms with Crippen LogP contribution in [0.15, 0.2) is 0 Å². The van der Waals surface area contributed by atoms with Gasteiger partial charge in [0.25, 0.3) is 0 Å². The molecule has 1 atom stereocenters. The molecule has 4 rings (SSSR count). The zero-order chi connectivity index (χ0) is 16.0. The average molecular weight is 340 g/mol. The molecule has 1 amide bonds. The Morgan fingerprint density at radius 1 is 0.957 bits per heavy atom. The summed E-state index contributed by atoms with van der Waals surface area (Å²) < 4.78 is 23.9. The molecule has 5 nitrogen and oxygen atoms in total. The summed E-state index contributed by atoms with van der Waals surface area (Å²) in [7, 11) is -2.86. The van der Waals surface area contributed by atoms with Gasteiger partial charge in [0, 0.05) is 38.6 Å².